The third-order valence-electron chi connectivity index (χ3n) is 4.81. The molecule has 0 radical (unpaired) electrons. The first-order valence-electron chi connectivity index (χ1n) is 9.14. The molecule has 27 heavy (non-hydrogen) atoms. The Balaban J connectivity index is 1.42. The van der Waals surface area contributed by atoms with Gasteiger partial charge in [0.1, 0.15) is 23.5 Å². The Kier molecular flexibility index (Phi) is 4.62. The standard InChI is InChI=1S/C21H22N4O2/c1-3-19-22-10-11-25(19)20-9-8-16(13-23-20)21(26)24(2)14-17-12-15-6-4-5-7-18(15)27-17/h4-11,13,17H,3,12,14H2,1-2H3. The number of carbonyl (C=O) groups is 1. The molecule has 4 rings (SSSR count). The number of para-hydroxylation sites is 1. The SMILES string of the molecule is CCc1nccn1-c1ccc(C(=O)N(C)CC2Cc3ccccc3O2)cn1. The lowest BCUT2D eigenvalue weighted by Crippen LogP contribution is -2.36. The number of ether oxygens (including phenoxy) is 1. The number of benzene rings is 1. The molecule has 1 atom stereocenters. The third-order valence-corrected chi connectivity index (χ3v) is 4.81. The quantitative estimate of drug-likeness (QED) is 0.700. The Labute approximate surface area is 158 Å². The molecule has 3 heterocycles. The number of likely N-dealkylation sites (N-methyl/N-ethyl adjacent to an activating group) is 1. The molecular formula is C21H22N4O2. The number of imidazole rings is 1. The highest BCUT2D eigenvalue weighted by molar-refractivity contribution is 5.93. The Bertz CT molecular complexity index is 924. The average molecular weight is 362 g/mol. The van der Waals surface area contributed by atoms with Crippen LogP contribution in [-0.4, -0.2) is 45.0 Å². The van der Waals surface area contributed by atoms with Gasteiger partial charge in [-0.3, -0.25) is 9.36 Å². The summed E-state index contributed by atoms with van der Waals surface area (Å²) >= 11 is 0. The molecule has 1 unspecified atom stereocenters. The van der Waals surface area contributed by atoms with Gasteiger partial charge in [0, 0.05) is 38.5 Å². The molecule has 0 N–H and O–H groups in total. The number of hydrogen-bond acceptors (Lipinski definition) is 4. The Morgan fingerprint density at radius 3 is 2.85 bits per heavy atom. The number of aryl methyl sites for hydroxylation is 1. The van der Waals surface area contributed by atoms with E-state index in [4.69, 9.17) is 4.74 Å². The zero-order chi connectivity index (χ0) is 18.8. The summed E-state index contributed by atoms with van der Waals surface area (Å²) in [7, 11) is 1.80. The maximum atomic E-state index is 12.7. The third kappa shape index (κ3) is 3.43. The molecule has 0 saturated carbocycles. The molecule has 0 saturated heterocycles. The van der Waals surface area contributed by atoms with Crippen molar-refractivity contribution in [1.29, 1.82) is 0 Å². The van der Waals surface area contributed by atoms with E-state index in [9.17, 15) is 4.79 Å². The predicted octanol–water partition coefficient (Wildman–Crippen LogP) is 2.91. The minimum atomic E-state index is -0.0602. The van der Waals surface area contributed by atoms with Gasteiger partial charge in [0.2, 0.25) is 0 Å². The molecule has 3 aromatic rings. The van der Waals surface area contributed by atoms with E-state index in [1.165, 1.54) is 5.56 Å². The number of carbonyl (C=O) groups excluding carboxylic acids is 1. The van der Waals surface area contributed by atoms with Gasteiger partial charge in [0.25, 0.3) is 5.91 Å². The number of nitrogens with zero attached hydrogens (tertiary/aromatic N) is 4. The predicted molar refractivity (Wildman–Crippen MR) is 102 cm³/mol. The summed E-state index contributed by atoms with van der Waals surface area (Å²) in [6.45, 7) is 2.59. The summed E-state index contributed by atoms with van der Waals surface area (Å²) in [4.78, 5) is 23.2. The fraction of sp³-hybridized carbons (Fsp3) is 0.286. The van der Waals surface area contributed by atoms with E-state index >= 15 is 0 Å². The van der Waals surface area contributed by atoms with E-state index in [1.807, 2.05) is 41.1 Å². The molecule has 0 spiro atoms. The minimum absolute atomic E-state index is 0.0124. The summed E-state index contributed by atoms with van der Waals surface area (Å²) in [6, 6.07) is 11.7. The van der Waals surface area contributed by atoms with Gasteiger partial charge in [0.15, 0.2) is 0 Å². The van der Waals surface area contributed by atoms with Crippen LogP contribution in [0.4, 0.5) is 0 Å². The number of pyridine rings is 1. The smallest absolute Gasteiger partial charge is 0.255 e. The van der Waals surface area contributed by atoms with E-state index in [2.05, 4.69) is 23.0 Å². The second kappa shape index (κ2) is 7.23. The van der Waals surface area contributed by atoms with Crippen LogP contribution < -0.4 is 4.74 Å². The minimum Gasteiger partial charge on any atom is -0.488 e. The van der Waals surface area contributed by atoms with Crippen LogP contribution >= 0.6 is 0 Å². The Morgan fingerprint density at radius 2 is 2.11 bits per heavy atom. The van der Waals surface area contributed by atoms with Gasteiger partial charge in [-0.05, 0) is 23.8 Å². The summed E-state index contributed by atoms with van der Waals surface area (Å²) in [5.41, 5.74) is 1.76. The fourth-order valence-electron chi connectivity index (χ4n) is 3.42. The highest BCUT2D eigenvalue weighted by Crippen LogP contribution is 2.28. The van der Waals surface area contributed by atoms with Crippen molar-refractivity contribution in [2.75, 3.05) is 13.6 Å². The van der Waals surface area contributed by atoms with E-state index < -0.39 is 0 Å². The van der Waals surface area contributed by atoms with Crippen LogP contribution in [0.3, 0.4) is 0 Å². The molecule has 1 amide bonds. The van der Waals surface area contributed by atoms with Crippen LogP contribution in [0.15, 0.2) is 55.0 Å². The molecular weight excluding hydrogens is 340 g/mol. The van der Waals surface area contributed by atoms with Crippen molar-refractivity contribution in [1.82, 2.24) is 19.4 Å². The lowest BCUT2D eigenvalue weighted by Gasteiger charge is -2.21. The van der Waals surface area contributed by atoms with Crippen LogP contribution in [0.2, 0.25) is 0 Å². The normalized spacial score (nSPS) is 15.3. The first kappa shape index (κ1) is 17.3. The molecule has 1 aliphatic heterocycles. The van der Waals surface area contributed by atoms with Gasteiger partial charge in [-0.15, -0.1) is 0 Å². The van der Waals surface area contributed by atoms with Gasteiger partial charge in [-0.25, -0.2) is 9.97 Å². The molecule has 0 aliphatic carbocycles. The largest absolute Gasteiger partial charge is 0.488 e. The molecule has 1 aliphatic rings. The molecule has 0 fully saturated rings. The van der Waals surface area contributed by atoms with E-state index in [-0.39, 0.29) is 12.0 Å². The van der Waals surface area contributed by atoms with E-state index in [0.717, 1.165) is 30.2 Å². The molecule has 2 aromatic heterocycles. The van der Waals surface area contributed by atoms with Crippen LogP contribution in [0, 0.1) is 0 Å². The van der Waals surface area contributed by atoms with Crippen LogP contribution in [0.1, 0.15) is 28.7 Å². The Hall–Kier alpha value is -3.15. The van der Waals surface area contributed by atoms with Crippen LogP contribution in [-0.2, 0) is 12.8 Å². The zero-order valence-electron chi connectivity index (χ0n) is 15.5. The van der Waals surface area contributed by atoms with Crippen molar-refractivity contribution in [2.45, 2.75) is 25.9 Å². The lowest BCUT2D eigenvalue weighted by atomic mass is 10.1. The van der Waals surface area contributed by atoms with Gasteiger partial charge < -0.3 is 9.64 Å². The summed E-state index contributed by atoms with van der Waals surface area (Å²) in [5.74, 6) is 2.56. The van der Waals surface area contributed by atoms with Gasteiger partial charge in [0.05, 0.1) is 12.1 Å². The van der Waals surface area contributed by atoms with Crippen molar-refractivity contribution < 1.29 is 9.53 Å². The zero-order valence-corrected chi connectivity index (χ0v) is 15.5. The highest BCUT2D eigenvalue weighted by Gasteiger charge is 2.25. The number of fused-ring (bicyclic) bond motifs is 1. The first-order valence-corrected chi connectivity index (χ1v) is 9.14. The van der Waals surface area contributed by atoms with Gasteiger partial charge in [-0.2, -0.15) is 0 Å². The molecule has 6 heteroatoms. The van der Waals surface area contributed by atoms with E-state index in [1.54, 1.807) is 24.3 Å². The number of rotatable bonds is 5. The van der Waals surface area contributed by atoms with Gasteiger partial charge >= 0.3 is 0 Å². The lowest BCUT2D eigenvalue weighted by molar-refractivity contribution is 0.0730. The van der Waals surface area contributed by atoms with Crippen molar-refractivity contribution in [2.24, 2.45) is 0 Å². The van der Waals surface area contributed by atoms with Crippen LogP contribution in [0.25, 0.3) is 5.82 Å². The maximum absolute atomic E-state index is 12.7. The number of aromatic nitrogens is 3. The van der Waals surface area contributed by atoms with Crippen molar-refractivity contribution in [3.8, 4) is 11.6 Å². The summed E-state index contributed by atoms with van der Waals surface area (Å²) < 4.78 is 7.87. The van der Waals surface area contributed by atoms with Crippen molar-refractivity contribution in [3.05, 3.63) is 71.9 Å². The Morgan fingerprint density at radius 1 is 1.26 bits per heavy atom. The van der Waals surface area contributed by atoms with E-state index in [0.29, 0.717) is 12.1 Å². The number of amides is 1. The monoisotopic (exact) mass is 362 g/mol. The average Bonchev–Trinajstić information content (AvgIpc) is 3.33. The number of hydrogen-bond donors (Lipinski definition) is 0. The summed E-state index contributed by atoms with van der Waals surface area (Å²) in [6.07, 6.45) is 6.89. The second-order valence-electron chi connectivity index (χ2n) is 6.71. The van der Waals surface area contributed by atoms with Crippen molar-refractivity contribution >= 4 is 5.91 Å². The molecule has 138 valence electrons. The molecule has 0 bridgehead atoms. The fourth-order valence-corrected chi connectivity index (χ4v) is 3.42. The maximum Gasteiger partial charge on any atom is 0.255 e. The first-order chi connectivity index (χ1) is 13.2. The highest BCUT2D eigenvalue weighted by atomic mass is 16.5. The van der Waals surface area contributed by atoms with Crippen LogP contribution in [0.5, 0.6) is 5.75 Å². The topological polar surface area (TPSA) is 60.2 Å². The van der Waals surface area contributed by atoms with Gasteiger partial charge in [-0.1, -0.05) is 25.1 Å². The summed E-state index contributed by atoms with van der Waals surface area (Å²) in [5, 5.41) is 0. The molecule has 1 aromatic carbocycles. The van der Waals surface area contributed by atoms with Crippen molar-refractivity contribution in [3.63, 3.8) is 0 Å². The molecule has 6 nitrogen and oxygen atoms in total. The second-order valence-corrected chi connectivity index (χ2v) is 6.71.